The number of benzene rings is 1. The lowest BCUT2D eigenvalue weighted by Crippen LogP contribution is -2.61. The summed E-state index contributed by atoms with van der Waals surface area (Å²) in [6.07, 6.45) is 4.63. The SMILES string of the molecule is C=CC1CCC(C)(C)N(Cc2ccccc2)C1(C)C. The molecule has 0 aromatic heterocycles. The van der Waals surface area contributed by atoms with E-state index in [1.807, 2.05) is 0 Å². The highest BCUT2D eigenvalue weighted by molar-refractivity contribution is 5.17. The lowest BCUT2D eigenvalue weighted by Gasteiger charge is -2.56. The van der Waals surface area contributed by atoms with Crippen molar-refractivity contribution in [1.82, 2.24) is 4.90 Å². The maximum Gasteiger partial charge on any atom is 0.0244 e. The largest absolute Gasteiger partial charge is 0.288 e. The first kappa shape index (κ1) is 14.3. The minimum Gasteiger partial charge on any atom is -0.288 e. The van der Waals surface area contributed by atoms with Crippen LogP contribution < -0.4 is 0 Å². The molecular weight excluding hydrogens is 230 g/mol. The molecule has 0 spiro atoms. The Morgan fingerprint density at radius 2 is 1.84 bits per heavy atom. The van der Waals surface area contributed by atoms with Gasteiger partial charge in [-0.2, -0.15) is 0 Å². The monoisotopic (exact) mass is 257 g/mol. The summed E-state index contributed by atoms with van der Waals surface area (Å²) in [6, 6.07) is 10.8. The van der Waals surface area contributed by atoms with Gasteiger partial charge in [-0.25, -0.2) is 0 Å². The lowest BCUT2D eigenvalue weighted by molar-refractivity contribution is -0.0581. The van der Waals surface area contributed by atoms with Crippen molar-refractivity contribution in [3.05, 3.63) is 48.6 Å². The van der Waals surface area contributed by atoms with Gasteiger partial charge in [-0.1, -0.05) is 36.4 Å². The third-order valence-electron chi connectivity index (χ3n) is 4.87. The number of likely N-dealkylation sites (tertiary alicyclic amines) is 1. The second-order valence-corrected chi connectivity index (χ2v) is 6.92. The molecule has 1 saturated heterocycles. The lowest BCUT2D eigenvalue weighted by atomic mass is 9.72. The number of nitrogens with zero attached hydrogens (tertiary/aromatic N) is 1. The van der Waals surface area contributed by atoms with Crippen LogP contribution in [0.5, 0.6) is 0 Å². The van der Waals surface area contributed by atoms with Crippen molar-refractivity contribution in [2.45, 2.75) is 58.2 Å². The fraction of sp³-hybridized carbons (Fsp3) is 0.556. The minimum absolute atomic E-state index is 0.166. The van der Waals surface area contributed by atoms with Gasteiger partial charge in [-0.3, -0.25) is 4.90 Å². The average Bonchev–Trinajstić information content (AvgIpc) is 2.36. The Labute approximate surface area is 118 Å². The predicted molar refractivity (Wildman–Crippen MR) is 83.1 cm³/mol. The van der Waals surface area contributed by atoms with Crippen molar-refractivity contribution in [1.29, 1.82) is 0 Å². The van der Waals surface area contributed by atoms with E-state index in [0.29, 0.717) is 5.92 Å². The zero-order chi connectivity index (χ0) is 14.1. The molecule has 1 fully saturated rings. The molecule has 2 rings (SSSR count). The Hall–Kier alpha value is -1.08. The molecule has 19 heavy (non-hydrogen) atoms. The van der Waals surface area contributed by atoms with Crippen molar-refractivity contribution in [3.8, 4) is 0 Å². The van der Waals surface area contributed by atoms with Gasteiger partial charge in [-0.05, 0) is 52.0 Å². The molecule has 1 aromatic carbocycles. The molecule has 0 aliphatic carbocycles. The molecule has 0 radical (unpaired) electrons. The molecule has 1 aliphatic rings. The number of hydrogen-bond donors (Lipinski definition) is 0. The van der Waals surface area contributed by atoms with Gasteiger partial charge in [0.05, 0.1) is 0 Å². The molecule has 1 aromatic rings. The molecule has 1 heterocycles. The summed E-state index contributed by atoms with van der Waals surface area (Å²) in [5.74, 6) is 0.573. The Morgan fingerprint density at radius 3 is 2.42 bits per heavy atom. The van der Waals surface area contributed by atoms with Crippen LogP contribution in [0.2, 0.25) is 0 Å². The van der Waals surface area contributed by atoms with Gasteiger partial charge in [0.15, 0.2) is 0 Å². The van der Waals surface area contributed by atoms with E-state index in [0.717, 1.165) is 6.54 Å². The van der Waals surface area contributed by atoms with Crippen LogP contribution in [0.4, 0.5) is 0 Å². The Bertz CT molecular complexity index is 430. The van der Waals surface area contributed by atoms with Crippen LogP contribution >= 0.6 is 0 Å². The predicted octanol–water partition coefficient (Wildman–Crippen LogP) is 4.64. The summed E-state index contributed by atoms with van der Waals surface area (Å²) in [6.45, 7) is 14.5. The van der Waals surface area contributed by atoms with Gasteiger partial charge in [0.1, 0.15) is 0 Å². The van der Waals surface area contributed by atoms with Crippen molar-refractivity contribution in [3.63, 3.8) is 0 Å². The van der Waals surface area contributed by atoms with Gasteiger partial charge in [0, 0.05) is 17.6 Å². The van der Waals surface area contributed by atoms with E-state index in [9.17, 15) is 0 Å². The summed E-state index contributed by atoms with van der Waals surface area (Å²) in [4.78, 5) is 2.66. The molecule has 1 aliphatic heterocycles. The Kier molecular flexibility index (Phi) is 3.87. The molecule has 1 atom stereocenters. The molecule has 0 saturated carbocycles. The Balaban J connectivity index is 2.29. The highest BCUT2D eigenvalue weighted by atomic mass is 15.3. The zero-order valence-corrected chi connectivity index (χ0v) is 12.8. The first-order chi connectivity index (χ1) is 8.88. The molecule has 0 bridgehead atoms. The third-order valence-corrected chi connectivity index (χ3v) is 4.87. The van der Waals surface area contributed by atoms with Gasteiger partial charge in [0.2, 0.25) is 0 Å². The maximum atomic E-state index is 4.04. The standard InChI is InChI=1S/C18H27N/c1-6-16-12-13-17(2,3)19(18(16,4)5)14-15-10-8-7-9-11-15/h6-11,16H,1,12-14H2,2-5H3. The molecule has 0 N–H and O–H groups in total. The van der Waals surface area contributed by atoms with E-state index >= 15 is 0 Å². The van der Waals surface area contributed by atoms with Crippen LogP contribution in [0.1, 0.15) is 46.1 Å². The molecule has 1 heteroatoms. The summed E-state index contributed by atoms with van der Waals surface area (Å²) < 4.78 is 0. The van der Waals surface area contributed by atoms with Gasteiger partial charge < -0.3 is 0 Å². The summed E-state index contributed by atoms with van der Waals surface area (Å²) in [7, 11) is 0. The molecular formula is C18H27N. The van der Waals surface area contributed by atoms with Gasteiger partial charge in [0.25, 0.3) is 0 Å². The van der Waals surface area contributed by atoms with E-state index in [-0.39, 0.29) is 11.1 Å². The van der Waals surface area contributed by atoms with Crippen LogP contribution in [-0.4, -0.2) is 16.0 Å². The maximum absolute atomic E-state index is 4.04. The number of piperidine rings is 1. The highest BCUT2D eigenvalue weighted by Gasteiger charge is 2.45. The van der Waals surface area contributed by atoms with E-state index in [4.69, 9.17) is 0 Å². The smallest absolute Gasteiger partial charge is 0.0244 e. The molecule has 1 nitrogen and oxygen atoms in total. The van der Waals surface area contributed by atoms with Crippen LogP contribution in [0.3, 0.4) is 0 Å². The van der Waals surface area contributed by atoms with E-state index in [1.54, 1.807) is 0 Å². The summed E-state index contributed by atoms with van der Waals surface area (Å²) in [5, 5.41) is 0. The van der Waals surface area contributed by atoms with Gasteiger partial charge >= 0.3 is 0 Å². The second kappa shape index (κ2) is 5.13. The van der Waals surface area contributed by atoms with Crippen LogP contribution in [0.15, 0.2) is 43.0 Å². The third kappa shape index (κ3) is 2.76. The van der Waals surface area contributed by atoms with Crippen LogP contribution in [0, 0.1) is 5.92 Å². The van der Waals surface area contributed by atoms with Crippen molar-refractivity contribution in [2.75, 3.05) is 0 Å². The highest BCUT2D eigenvalue weighted by Crippen LogP contribution is 2.43. The van der Waals surface area contributed by atoms with Gasteiger partial charge in [-0.15, -0.1) is 6.58 Å². The molecule has 1 unspecified atom stereocenters. The fourth-order valence-electron chi connectivity index (χ4n) is 3.57. The van der Waals surface area contributed by atoms with E-state index in [1.165, 1.54) is 18.4 Å². The Morgan fingerprint density at radius 1 is 1.21 bits per heavy atom. The normalized spacial score (nSPS) is 26.0. The molecule has 104 valence electrons. The number of rotatable bonds is 3. The quantitative estimate of drug-likeness (QED) is 0.713. The van der Waals surface area contributed by atoms with E-state index < -0.39 is 0 Å². The van der Waals surface area contributed by atoms with Crippen molar-refractivity contribution >= 4 is 0 Å². The first-order valence-corrected chi connectivity index (χ1v) is 7.32. The summed E-state index contributed by atoms with van der Waals surface area (Å²) in [5.41, 5.74) is 1.81. The van der Waals surface area contributed by atoms with E-state index in [2.05, 4.69) is 75.6 Å². The first-order valence-electron chi connectivity index (χ1n) is 7.32. The fourth-order valence-corrected chi connectivity index (χ4v) is 3.57. The van der Waals surface area contributed by atoms with Crippen molar-refractivity contribution < 1.29 is 0 Å². The van der Waals surface area contributed by atoms with Crippen LogP contribution in [0.25, 0.3) is 0 Å². The van der Waals surface area contributed by atoms with Crippen molar-refractivity contribution in [2.24, 2.45) is 5.92 Å². The molecule has 0 amide bonds. The second-order valence-electron chi connectivity index (χ2n) is 6.92. The zero-order valence-electron chi connectivity index (χ0n) is 12.8. The topological polar surface area (TPSA) is 3.24 Å². The van der Waals surface area contributed by atoms with Crippen LogP contribution in [-0.2, 0) is 6.54 Å². The minimum atomic E-state index is 0.166. The number of hydrogen-bond acceptors (Lipinski definition) is 1. The summed E-state index contributed by atoms with van der Waals surface area (Å²) >= 11 is 0. The average molecular weight is 257 g/mol.